The van der Waals surface area contributed by atoms with Crippen molar-refractivity contribution in [2.75, 3.05) is 5.32 Å². The molecule has 0 aliphatic carbocycles. The molecule has 15 heavy (non-hydrogen) atoms. The van der Waals surface area contributed by atoms with Gasteiger partial charge in [0.25, 0.3) is 5.91 Å². The standard InChI is InChI=1S/C8H5ClN4O2/c9-6-4-10-5(3-11-6)8(14)12-7-1-2-15-13-7/h1-4H,(H,12,13,14). The van der Waals surface area contributed by atoms with Crippen LogP contribution >= 0.6 is 11.6 Å². The van der Waals surface area contributed by atoms with E-state index in [0.717, 1.165) is 0 Å². The smallest absolute Gasteiger partial charge is 0.277 e. The second-order valence-corrected chi connectivity index (χ2v) is 2.95. The van der Waals surface area contributed by atoms with Crippen molar-refractivity contribution in [1.29, 1.82) is 0 Å². The zero-order valence-electron chi connectivity index (χ0n) is 7.35. The predicted molar refractivity (Wildman–Crippen MR) is 51.5 cm³/mol. The second kappa shape index (κ2) is 4.05. The SMILES string of the molecule is O=C(Nc1ccon1)c1cnc(Cl)cn1. The van der Waals surface area contributed by atoms with E-state index in [1.165, 1.54) is 24.7 Å². The highest BCUT2D eigenvalue weighted by molar-refractivity contribution is 6.29. The van der Waals surface area contributed by atoms with Crippen molar-refractivity contribution in [2.24, 2.45) is 0 Å². The molecule has 0 aliphatic rings. The second-order valence-electron chi connectivity index (χ2n) is 2.56. The van der Waals surface area contributed by atoms with Crippen LogP contribution in [0.5, 0.6) is 0 Å². The Labute approximate surface area is 89.3 Å². The number of nitrogens with one attached hydrogen (secondary N) is 1. The van der Waals surface area contributed by atoms with Gasteiger partial charge in [-0.15, -0.1) is 0 Å². The van der Waals surface area contributed by atoms with E-state index in [4.69, 9.17) is 11.6 Å². The molecule has 2 aromatic heterocycles. The van der Waals surface area contributed by atoms with Crippen LogP contribution in [0.15, 0.2) is 29.2 Å². The fraction of sp³-hybridized carbons (Fsp3) is 0. The first-order chi connectivity index (χ1) is 7.25. The van der Waals surface area contributed by atoms with Crippen LogP contribution in [-0.4, -0.2) is 21.0 Å². The lowest BCUT2D eigenvalue weighted by Gasteiger charge is -1.99. The van der Waals surface area contributed by atoms with Gasteiger partial charge in [0.2, 0.25) is 0 Å². The van der Waals surface area contributed by atoms with Gasteiger partial charge in [-0.1, -0.05) is 16.8 Å². The molecule has 0 spiro atoms. The number of anilines is 1. The molecular formula is C8H5ClN4O2. The van der Waals surface area contributed by atoms with Gasteiger partial charge in [-0.2, -0.15) is 0 Å². The number of carbonyl (C=O) groups excluding carboxylic acids is 1. The molecular weight excluding hydrogens is 220 g/mol. The highest BCUT2D eigenvalue weighted by Gasteiger charge is 2.09. The summed E-state index contributed by atoms with van der Waals surface area (Å²) in [6.07, 6.45) is 3.92. The normalized spacial score (nSPS) is 9.93. The molecule has 7 heteroatoms. The molecule has 1 amide bonds. The average molecular weight is 225 g/mol. The molecule has 76 valence electrons. The number of halogens is 1. The lowest BCUT2D eigenvalue weighted by Crippen LogP contribution is -2.14. The number of amides is 1. The Hall–Kier alpha value is -1.95. The van der Waals surface area contributed by atoms with Crippen molar-refractivity contribution in [1.82, 2.24) is 15.1 Å². The summed E-state index contributed by atoms with van der Waals surface area (Å²) < 4.78 is 4.55. The van der Waals surface area contributed by atoms with E-state index in [0.29, 0.717) is 5.82 Å². The van der Waals surface area contributed by atoms with Gasteiger partial charge in [-0.25, -0.2) is 9.97 Å². The first kappa shape index (κ1) is 9.60. The Balaban J connectivity index is 2.11. The molecule has 0 unspecified atom stereocenters. The van der Waals surface area contributed by atoms with Crippen LogP contribution in [0.3, 0.4) is 0 Å². The maximum Gasteiger partial charge on any atom is 0.277 e. The van der Waals surface area contributed by atoms with Gasteiger partial charge in [0.15, 0.2) is 5.82 Å². The van der Waals surface area contributed by atoms with E-state index in [1.54, 1.807) is 0 Å². The molecule has 0 atom stereocenters. The van der Waals surface area contributed by atoms with Gasteiger partial charge in [0.05, 0.1) is 12.4 Å². The number of hydrogen-bond acceptors (Lipinski definition) is 5. The fourth-order valence-electron chi connectivity index (χ4n) is 0.887. The summed E-state index contributed by atoms with van der Waals surface area (Å²) in [6.45, 7) is 0. The maximum atomic E-state index is 11.5. The van der Waals surface area contributed by atoms with E-state index in [-0.39, 0.29) is 10.8 Å². The molecule has 0 aliphatic heterocycles. The number of carbonyl (C=O) groups is 1. The number of nitrogens with zero attached hydrogens (tertiary/aromatic N) is 3. The van der Waals surface area contributed by atoms with Crippen molar-refractivity contribution in [3.63, 3.8) is 0 Å². The van der Waals surface area contributed by atoms with Crippen molar-refractivity contribution in [3.8, 4) is 0 Å². The van der Waals surface area contributed by atoms with Crippen LogP contribution in [0.4, 0.5) is 5.82 Å². The summed E-state index contributed by atoms with van der Waals surface area (Å²) in [5.41, 5.74) is 0.155. The minimum Gasteiger partial charge on any atom is -0.363 e. The predicted octanol–water partition coefficient (Wildman–Crippen LogP) is 1.37. The maximum absolute atomic E-state index is 11.5. The van der Waals surface area contributed by atoms with Crippen LogP contribution in [0.25, 0.3) is 0 Å². The fourth-order valence-corrected chi connectivity index (χ4v) is 0.984. The quantitative estimate of drug-likeness (QED) is 0.833. The minimum atomic E-state index is -0.423. The summed E-state index contributed by atoms with van der Waals surface area (Å²) in [6, 6.07) is 1.52. The van der Waals surface area contributed by atoms with Crippen molar-refractivity contribution in [3.05, 3.63) is 35.6 Å². The third-order valence-electron chi connectivity index (χ3n) is 1.53. The van der Waals surface area contributed by atoms with Crippen LogP contribution < -0.4 is 5.32 Å². The van der Waals surface area contributed by atoms with Crippen molar-refractivity contribution < 1.29 is 9.32 Å². The van der Waals surface area contributed by atoms with Gasteiger partial charge in [-0.3, -0.25) is 4.79 Å². The van der Waals surface area contributed by atoms with E-state index >= 15 is 0 Å². The minimum absolute atomic E-state index is 0.155. The topological polar surface area (TPSA) is 80.9 Å². The van der Waals surface area contributed by atoms with Gasteiger partial charge < -0.3 is 9.84 Å². The molecule has 0 fully saturated rings. The molecule has 1 N–H and O–H groups in total. The molecule has 2 aromatic rings. The summed E-state index contributed by atoms with van der Waals surface area (Å²) in [4.78, 5) is 19.0. The van der Waals surface area contributed by atoms with Crippen LogP contribution in [0, 0.1) is 0 Å². The molecule has 0 saturated heterocycles. The Morgan fingerprint density at radius 3 is 2.87 bits per heavy atom. The van der Waals surface area contributed by atoms with Gasteiger partial charge in [0, 0.05) is 6.07 Å². The summed E-state index contributed by atoms with van der Waals surface area (Å²) in [5.74, 6) is -0.107. The molecule has 6 nitrogen and oxygen atoms in total. The van der Waals surface area contributed by atoms with Gasteiger partial charge in [-0.05, 0) is 0 Å². The first-order valence-corrected chi connectivity index (χ1v) is 4.33. The molecule has 0 aromatic carbocycles. The molecule has 0 bridgehead atoms. The number of rotatable bonds is 2. The van der Waals surface area contributed by atoms with Crippen LogP contribution in [0.1, 0.15) is 10.5 Å². The largest absolute Gasteiger partial charge is 0.363 e. The average Bonchev–Trinajstić information content (AvgIpc) is 2.71. The molecule has 0 saturated carbocycles. The Bertz CT molecular complexity index is 454. The highest BCUT2D eigenvalue weighted by Crippen LogP contribution is 2.05. The molecule has 2 rings (SSSR count). The Morgan fingerprint density at radius 2 is 2.27 bits per heavy atom. The Kier molecular flexibility index (Phi) is 2.59. The summed E-state index contributed by atoms with van der Waals surface area (Å²) >= 11 is 5.53. The highest BCUT2D eigenvalue weighted by atomic mass is 35.5. The molecule has 0 radical (unpaired) electrons. The van der Waals surface area contributed by atoms with Crippen LogP contribution in [-0.2, 0) is 0 Å². The van der Waals surface area contributed by atoms with E-state index in [1.807, 2.05) is 0 Å². The van der Waals surface area contributed by atoms with Gasteiger partial charge >= 0.3 is 0 Å². The lowest BCUT2D eigenvalue weighted by atomic mass is 10.4. The van der Waals surface area contributed by atoms with Crippen LogP contribution in [0.2, 0.25) is 5.15 Å². The summed E-state index contributed by atoms with van der Waals surface area (Å²) in [7, 11) is 0. The van der Waals surface area contributed by atoms with Gasteiger partial charge in [0.1, 0.15) is 17.1 Å². The summed E-state index contributed by atoms with van der Waals surface area (Å²) in [5, 5.41) is 6.22. The lowest BCUT2D eigenvalue weighted by molar-refractivity contribution is 0.102. The third-order valence-corrected chi connectivity index (χ3v) is 1.73. The Morgan fingerprint density at radius 1 is 1.40 bits per heavy atom. The third kappa shape index (κ3) is 2.29. The van der Waals surface area contributed by atoms with E-state index in [9.17, 15) is 4.79 Å². The first-order valence-electron chi connectivity index (χ1n) is 3.95. The monoisotopic (exact) mass is 224 g/mol. The zero-order valence-corrected chi connectivity index (χ0v) is 8.10. The number of hydrogen-bond donors (Lipinski definition) is 1. The van der Waals surface area contributed by atoms with Crippen molar-refractivity contribution in [2.45, 2.75) is 0 Å². The van der Waals surface area contributed by atoms with E-state index < -0.39 is 5.91 Å². The van der Waals surface area contributed by atoms with Crippen molar-refractivity contribution >= 4 is 23.3 Å². The number of aromatic nitrogens is 3. The zero-order chi connectivity index (χ0) is 10.7. The van der Waals surface area contributed by atoms with E-state index in [2.05, 4.69) is 25.0 Å². The molecule has 2 heterocycles.